The highest BCUT2D eigenvalue weighted by Crippen LogP contribution is 2.57. The van der Waals surface area contributed by atoms with Crippen LogP contribution in [0.25, 0.3) is 5.82 Å². The molecule has 3 aromatic rings. The van der Waals surface area contributed by atoms with E-state index in [2.05, 4.69) is 41.2 Å². The number of halogens is 1. The van der Waals surface area contributed by atoms with E-state index in [1.54, 1.807) is 6.20 Å². The van der Waals surface area contributed by atoms with Crippen LogP contribution >= 0.6 is 0 Å². The number of pyridine rings is 2. The van der Waals surface area contributed by atoms with Gasteiger partial charge in [-0.1, -0.05) is 26.8 Å². The Kier molecular flexibility index (Phi) is 4.76. The molecule has 166 valence electrons. The summed E-state index contributed by atoms with van der Waals surface area (Å²) < 4.78 is 21.4. The highest BCUT2D eigenvalue weighted by Gasteiger charge is 2.50. The van der Waals surface area contributed by atoms with Gasteiger partial charge in [-0.15, -0.1) is 0 Å². The molecule has 0 unspecified atom stereocenters. The van der Waals surface area contributed by atoms with Gasteiger partial charge >= 0.3 is 0 Å². The molecule has 1 saturated carbocycles. The van der Waals surface area contributed by atoms with Gasteiger partial charge in [0.15, 0.2) is 17.3 Å². The van der Waals surface area contributed by atoms with E-state index in [4.69, 9.17) is 4.74 Å². The first-order valence-corrected chi connectivity index (χ1v) is 10.8. The molecular weight excluding hydrogens is 409 g/mol. The molecule has 1 amide bonds. The highest BCUT2D eigenvalue weighted by atomic mass is 19.1. The molecule has 1 fully saturated rings. The predicted octanol–water partition coefficient (Wildman–Crippen LogP) is 3.99. The van der Waals surface area contributed by atoms with Crippen molar-refractivity contribution in [2.24, 2.45) is 11.3 Å². The first kappa shape index (κ1) is 20.6. The molecule has 0 spiro atoms. The number of amides is 1. The van der Waals surface area contributed by atoms with E-state index in [0.717, 1.165) is 29.8 Å². The first-order chi connectivity index (χ1) is 15.3. The SMILES string of the molecule is COc1cnc(-n2nc(C(=O)N[C@@H](c3ccccn3)C(C)(C)C)c3c2[C@@H]2C[C@@H]2C3)c(F)c1. The molecule has 0 radical (unpaired) electrons. The summed E-state index contributed by atoms with van der Waals surface area (Å²) in [6.45, 7) is 6.17. The van der Waals surface area contributed by atoms with Crippen LogP contribution in [0.2, 0.25) is 0 Å². The van der Waals surface area contributed by atoms with Crippen molar-refractivity contribution < 1.29 is 13.9 Å². The minimum atomic E-state index is -0.535. The molecule has 2 aliphatic rings. The number of nitrogens with one attached hydrogen (secondary N) is 1. The number of ether oxygens (including phenoxy) is 1. The van der Waals surface area contributed by atoms with Gasteiger partial charge in [0.05, 0.1) is 30.7 Å². The zero-order valence-electron chi connectivity index (χ0n) is 18.6. The van der Waals surface area contributed by atoms with Crippen LogP contribution in [0.3, 0.4) is 0 Å². The van der Waals surface area contributed by atoms with Crippen LogP contribution in [0.4, 0.5) is 4.39 Å². The van der Waals surface area contributed by atoms with Gasteiger partial charge in [-0.2, -0.15) is 5.10 Å². The minimum Gasteiger partial charge on any atom is -0.495 e. The third kappa shape index (κ3) is 3.43. The molecule has 3 aromatic heterocycles. The molecule has 3 atom stereocenters. The molecule has 7 nitrogen and oxygen atoms in total. The van der Waals surface area contributed by atoms with Crippen molar-refractivity contribution in [3.63, 3.8) is 0 Å². The highest BCUT2D eigenvalue weighted by molar-refractivity contribution is 5.94. The quantitative estimate of drug-likeness (QED) is 0.655. The van der Waals surface area contributed by atoms with Crippen molar-refractivity contribution in [3.05, 3.63) is 65.1 Å². The first-order valence-electron chi connectivity index (χ1n) is 10.8. The van der Waals surface area contributed by atoms with Gasteiger partial charge in [-0.3, -0.25) is 9.78 Å². The predicted molar refractivity (Wildman–Crippen MR) is 116 cm³/mol. The Morgan fingerprint density at radius 3 is 2.78 bits per heavy atom. The topological polar surface area (TPSA) is 81.9 Å². The van der Waals surface area contributed by atoms with Gasteiger partial charge < -0.3 is 10.1 Å². The summed E-state index contributed by atoms with van der Waals surface area (Å²) in [6.07, 6.45) is 5.00. The fourth-order valence-corrected chi connectivity index (χ4v) is 4.62. The Bertz CT molecular complexity index is 1190. The monoisotopic (exact) mass is 435 g/mol. The maximum Gasteiger partial charge on any atom is 0.272 e. The summed E-state index contributed by atoms with van der Waals surface area (Å²) in [5.74, 6) is 0.409. The second-order valence-electron chi connectivity index (χ2n) is 9.64. The van der Waals surface area contributed by atoms with Crippen molar-refractivity contribution in [2.75, 3.05) is 7.11 Å². The van der Waals surface area contributed by atoms with Crippen LogP contribution in [0.15, 0.2) is 36.7 Å². The summed E-state index contributed by atoms with van der Waals surface area (Å²) in [5.41, 5.74) is 2.67. The zero-order valence-corrected chi connectivity index (χ0v) is 18.6. The number of nitrogens with zero attached hydrogens (tertiary/aromatic N) is 4. The number of methoxy groups -OCH3 is 1. The molecule has 0 aromatic carbocycles. The van der Waals surface area contributed by atoms with Crippen molar-refractivity contribution >= 4 is 5.91 Å². The van der Waals surface area contributed by atoms with Crippen LogP contribution in [-0.2, 0) is 6.42 Å². The van der Waals surface area contributed by atoms with Gasteiger partial charge in [0.25, 0.3) is 5.91 Å². The molecule has 32 heavy (non-hydrogen) atoms. The maximum absolute atomic E-state index is 14.8. The number of fused-ring (bicyclic) bond motifs is 3. The van der Waals surface area contributed by atoms with E-state index in [1.807, 2.05) is 18.2 Å². The number of carbonyl (C=O) groups excluding carboxylic acids is 1. The van der Waals surface area contributed by atoms with E-state index in [0.29, 0.717) is 23.3 Å². The summed E-state index contributed by atoms with van der Waals surface area (Å²) in [6, 6.07) is 6.65. The van der Waals surface area contributed by atoms with E-state index < -0.39 is 5.82 Å². The number of aromatic nitrogens is 4. The average Bonchev–Trinajstić information content (AvgIpc) is 3.27. The summed E-state index contributed by atoms with van der Waals surface area (Å²) in [5, 5.41) is 7.70. The largest absolute Gasteiger partial charge is 0.495 e. The van der Waals surface area contributed by atoms with Crippen LogP contribution in [0.1, 0.15) is 66.6 Å². The minimum absolute atomic E-state index is 0.0887. The Labute approximate surface area is 186 Å². The van der Waals surface area contributed by atoms with Crippen molar-refractivity contribution in [1.29, 1.82) is 0 Å². The lowest BCUT2D eigenvalue weighted by Crippen LogP contribution is -2.37. The van der Waals surface area contributed by atoms with Gasteiger partial charge in [-0.05, 0) is 36.3 Å². The number of rotatable bonds is 5. The second kappa shape index (κ2) is 7.39. The molecule has 8 heteroatoms. The fraction of sp³-hybridized carbons (Fsp3) is 0.417. The summed E-state index contributed by atoms with van der Waals surface area (Å²) >= 11 is 0. The van der Waals surface area contributed by atoms with Crippen LogP contribution in [-0.4, -0.2) is 32.8 Å². The van der Waals surface area contributed by atoms with Gasteiger partial charge in [-0.25, -0.2) is 14.1 Å². The Morgan fingerprint density at radius 1 is 1.31 bits per heavy atom. The lowest BCUT2D eigenvalue weighted by atomic mass is 9.84. The van der Waals surface area contributed by atoms with Crippen LogP contribution < -0.4 is 10.1 Å². The third-order valence-corrected chi connectivity index (χ3v) is 6.34. The number of hydrogen-bond acceptors (Lipinski definition) is 5. The van der Waals surface area contributed by atoms with Crippen molar-refractivity contribution in [2.45, 2.75) is 45.6 Å². The van der Waals surface area contributed by atoms with Crippen LogP contribution in [0.5, 0.6) is 5.75 Å². The van der Waals surface area contributed by atoms with E-state index >= 15 is 0 Å². The van der Waals surface area contributed by atoms with E-state index in [1.165, 1.54) is 24.1 Å². The lowest BCUT2D eigenvalue weighted by Gasteiger charge is -2.30. The third-order valence-electron chi connectivity index (χ3n) is 6.34. The molecule has 0 bridgehead atoms. The Balaban J connectivity index is 1.53. The number of carbonyl (C=O) groups is 1. The number of hydrogen-bond donors (Lipinski definition) is 1. The maximum atomic E-state index is 14.8. The van der Waals surface area contributed by atoms with Crippen LogP contribution in [0, 0.1) is 17.2 Å². The zero-order chi connectivity index (χ0) is 22.6. The van der Waals surface area contributed by atoms with Gasteiger partial charge in [0.1, 0.15) is 5.75 Å². The van der Waals surface area contributed by atoms with E-state index in [9.17, 15) is 9.18 Å². The van der Waals surface area contributed by atoms with Crippen molar-refractivity contribution in [3.8, 4) is 11.6 Å². The molecule has 3 heterocycles. The standard InChI is InChI=1S/C24H26FN5O2/c1-24(2,3)21(18-7-5-6-8-26-18)28-23(31)19-16-10-13-9-15(13)20(16)30(29-19)22-17(25)11-14(32-4)12-27-22/h5-8,11-13,15,21H,9-10H2,1-4H3,(H,28,31)/t13-,15-,21+/m1/s1. The lowest BCUT2D eigenvalue weighted by molar-refractivity contribution is 0.0893. The Morgan fingerprint density at radius 2 is 2.12 bits per heavy atom. The molecule has 0 saturated heterocycles. The summed E-state index contributed by atoms with van der Waals surface area (Å²) in [4.78, 5) is 22.1. The fourth-order valence-electron chi connectivity index (χ4n) is 4.62. The molecular formula is C24H26FN5O2. The molecule has 5 rings (SSSR count). The van der Waals surface area contributed by atoms with Gasteiger partial charge in [0, 0.05) is 23.7 Å². The van der Waals surface area contributed by atoms with Crippen molar-refractivity contribution in [1.82, 2.24) is 25.1 Å². The summed E-state index contributed by atoms with van der Waals surface area (Å²) in [7, 11) is 1.46. The average molecular weight is 436 g/mol. The van der Waals surface area contributed by atoms with Gasteiger partial charge in [0.2, 0.25) is 0 Å². The molecule has 0 aliphatic heterocycles. The second-order valence-corrected chi connectivity index (χ2v) is 9.64. The molecule has 1 N–H and O–H groups in total. The smallest absolute Gasteiger partial charge is 0.272 e. The van der Waals surface area contributed by atoms with E-state index in [-0.39, 0.29) is 23.2 Å². The normalized spacial score (nSPS) is 19.8. The molecule has 2 aliphatic carbocycles. The Hall–Kier alpha value is -3.29.